The van der Waals surface area contributed by atoms with Gasteiger partial charge in [-0.25, -0.2) is 0 Å². The molecule has 0 aliphatic rings. The fourth-order valence-corrected chi connectivity index (χ4v) is 3.16. The smallest absolute Gasteiger partial charge is 0.307 e. The van der Waals surface area contributed by atoms with Gasteiger partial charge in [0.25, 0.3) is 0 Å². The lowest BCUT2D eigenvalue weighted by atomic mass is 10.4. The zero-order chi connectivity index (χ0) is 13.1. The van der Waals surface area contributed by atoms with Gasteiger partial charge in [0, 0.05) is 23.5 Å². The Bertz CT molecular complexity index is 602. The minimum Gasteiger partial charge on any atom is -0.339 e. The highest BCUT2D eigenvalue weighted by molar-refractivity contribution is 7.16. The minimum absolute atomic E-state index is 0.0813. The molecule has 18 heavy (non-hydrogen) atoms. The molecular formula is C11H11ClN2O2S2. The highest BCUT2D eigenvalue weighted by Crippen LogP contribution is 2.22. The Labute approximate surface area is 117 Å². The number of hydrogen-bond donors (Lipinski definition) is 0. The van der Waals surface area contributed by atoms with E-state index < -0.39 is 0 Å². The van der Waals surface area contributed by atoms with Crippen LogP contribution >= 0.6 is 34.3 Å². The Morgan fingerprint density at radius 3 is 2.83 bits per heavy atom. The molecule has 2 rings (SSSR count). The highest BCUT2D eigenvalue weighted by Gasteiger charge is 2.12. The standard InChI is InChI=1S/C11H11ClN2O2S2/c1-13(6-8-2-3-9(12)18-8)10(15)7-14-4-5-17-11(14)16/h2-5H,6-7H2,1H3. The van der Waals surface area contributed by atoms with Gasteiger partial charge in [0.05, 0.1) is 10.9 Å². The Kier molecular flexibility index (Phi) is 4.21. The monoisotopic (exact) mass is 302 g/mol. The third-order valence-corrected chi connectivity index (χ3v) is 4.31. The van der Waals surface area contributed by atoms with E-state index in [1.165, 1.54) is 15.9 Å². The molecule has 0 spiro atoms. The van der Waals surface area contributed by atoms with Crippen LogP contribution in [0.1, 0.15) is 4.88 Å². The van der Waals surface area contributed by atoms with Gasteiger partial charge in [0.15, 0.2) is 0 Å². The molecule has 0 fully saturated rings. The van der Waals surface area contributed by atoms with Crippen LogP contribution in [0.5, 0.6) is 0 Å². The van der Waals surface area contributed by atoms with Crippen molar-refractivity contribution < 1.29 is 4.79 Å². The number of rotatable bonds is 4. The lowest BCUT2D eigenvalue weighted by Crippen LogP contribution is -2.31. The maximum Gasteiger partial charge on any atom is 0.307 e. The molecule has 0 aliphatic carbocycles. The molecule has 2 aromatic rings. The number of halogens is 1. The summed E-state index contributed by atoms with van der Waals surface area (Å²) in [5, 5.41) is 1.68. The van der Waals surface area contributed by atoms with E-state index in [-0.39, 0.29) is 17.3 Å². The molecule has 0 saturated heterocycles. The van der Waals surface area contributed by atoms with Crippen molar-refractivity contribution in [1.29, 1.82) is 0 Å². The zero-order valence-corrected chi connectivity index (χ0v) is 12.0. The van der Waals surface area contributed by atoms with Crippen molar-refractivity contribution in [3.63, 3.8) is 0 Å². The van der Waals surface area contributed by atoms with Crippen molar-refractivity contribution in [2.75, 3.05) is 7.05 Å². The summed E-state index contributed by atoms with van der Waals surface area (Å²) in [6.45, 7) is 0.590. The molecule has 1 amide bonds. The van der Waals surface area contributed by atoms with E-state index in [0.29, 0.717) is 10.9 Å². The fraction of sp³-hybridized carbons (Fsp3) is 0.273. The number of carbonyl (C=O) groups excluding carboxylic acids is 1. The summed E-state index contributed by atoms with van der Waals surface area (Å²) in [5.41, 5.74) is 0. The summed E-state index contributed by atoms with van der Waals surface area (Å²) < 4.78 is 2.12. The molecule has 2 aromatic heterocycles. The van der Waals surface area contributed by atoms with Crippen LogP contribution in [0.2, 0.25) is 4.34 Å². The summed E-state index contributed by atoms with van der Waals surface area (Å²) >= 11 is 8.37. The van der Waals surface area contributed by atoms with Crippen LogP contribution in [0.4, 0.5) is 0 Å². The molecule has 7 heteroatoms. The Morgan fingerprint density at radius 2 is 2.28 bits per heavy atom. The molecule has 4 nitrogen and oxygen atoms in total. The molecule has 2 heterocycles. The van der Waals surface area contributed by atoms with E-state index in [9.17, 15) is 9.59 Å². The van der Waals surface area contributed by atoms with Crippen molar-refractivity contribution in [2.24, 2.45) is 0 Å². The van der Waals surface area contributed by atoms with Crippen molar-refractivity contribution in [1.82, 2.24) is 9.47 Å². The lowest BCUT2D eigenvalue weighted by molar-refractivity contribution is -0.131. The van der Waals surface area contributed by atoms with E-state index >= 15 is 0 Å². The first-order chi connectivity index (χ1) is 8.56. The summed E-state index contributed by atoms with van der Waals surface area (Å²) in [7, 11) is 1.72. The summed E-state index contributed by atoms with van der Waals surface area (Å²) in [4.78, 5) is 25.7. The second kappa shape index (κ2) is 5.69. The average Bonchev–Trinajstić information content (AvgIpc) is 2.89. The van der Waals surface area contributed by atoms with Crippen LogP contribution in [0.25, 0.3) is 0 Å². The normalized spacial score (nSPS) is 10.6. The van der Waals surface area contributed by atoms with Crippen LogP contribution < -0.4 is 4.87 Å². The Balaban J connectivity index is 1.97. The number of amides is 1. The number of nitrogens with zero attached hydrogens (tertiary/aromatic N) is 2. The highest BCUT2D eigenvalue weighted by atomic mass is 35.5. The van der Waals surface area contributed by atoms with Gasteiger partial charge in [-0.2, -0.15) is 0 Å². The number of hydrogen-bond acceptors (Lipinski definition) is 4. The number of carbonyl (C=O) groups is 1. The van der Waals surface area contributed by atoms with Crippen LogP contribution in [0.15, 0.2) is 28.5 Å². The van der Waals surface area contributed by atoms with E-state index in [2.05, 4.69) is 0 Å². The first kappa shape index (κ1) is 13.3. The number of thiophene rings is 1. The third-order valence-electron chi connectivity index (χ3n) is 2.40. The van der Waals surface area contributed by atoms with Gasteiger partial charge in [-0.05, 0) is 12.1 Å². The quantitative estimate of drug-likeness (QED) is 0.869. The first-order valence-electron chi connectivity index (χ1n) is 5.18. The van der Waals surface area contributed by atoms with Gasteiger partial charge in [-0.1, -0.05) is 22.9 Å². The van der Waals surface area contributed by atoms with E-state index in [4.69, 9.17) is 11.6 Å². The van der Waals surface area contributed by atoms with Crippen molar-refractivity contribution in [3.05, 3.63) is 42.6 Å². The van der Waals surface area contributed by atoms with E-state index in [1.54, 1.807) is 23.5 Å². The SMILES string of the molecule is CN(Cc1ccc(Cl)s1)C(=O)Cn1ccsc1=O. The van der Waals surface area contributed by atoms with Crippen molar-refractivity contribution in [2.45, 2.75) is 13.1 Å². The molecule has 0 aromatic carbocycles. The molecule has 0 bridgehead atoms. The fourth-order valence-electron chi connectivity index (χ4n) is 1.43. The van der Waals surface area contributed by atoms with Crippen LogP contribution in [0, 0.1) is 0 Å². The average molecular weight is 303 g/mol. The van der Waals surface area contributed by atoms with Crippen LogP contribution in [0.3, 0.4) is 0 Å². The number of aromatic nitrogens is 1. The molecule has 0 radical (unpaired) electrons. The van der Waals surface area contributed by atoms with Crippen molar-refractivity contribution in [3.8, 4) is 0 Å². The Morgan fingerprint density at radius 1 is 1.50 bits per heavy atom. The zero-order valence-electron chi connectivity index (χ0n) is 9.63. The topological polar surface area (TPSA) is 42.3 Å². The number of thiazole rings is 1. The second-order valence-corrected chi connectivity index (χ2v) is 6.41. The Hall–Kier alpha value is -1.11. The molecule has 0 N–H and O–H groups in total. The molecule has 96 valence electrons. The first-order valence-corrected chi connectivity index (χ1v) is 7.26. The predicted molar refractivity (Wildman–Crippen MR) is 74.4 cm³/mol. The van der Waals surface area contributed by atoms with Gasteiger partial charge in [-0.3, -0.25) is 14.2 Å². The van der Waals surface area contributed by atoms with Crippen LogP contribution in [-0.2, 0) is 17.9 Å². The van der Waals surface area contributed by atoms with E-state index in [0.717, 1.165) is 16.2 Å². The molecule has 0 unspecified atom stereocenters. The molecular weight excluding hydrogens is 292 g/mol. The maximum atomic E-state index is 11.9. The largest absolute Gasteiger partial charge is 0.339 e. The molecule has 0 atom stereocenters. The summed E-state index contributed by atoms with van der Waals surface area (Å²) in [6.07, 6.45) is 1.63. The summed E-state index contributed by atoms with van der Waals surface area (Å²) in [6, 6.07) is 3.71. The maximum absolute atomic E-state index is 11.9. The lowest BCUT2D eigenvalue weighted by Gasteiger charge is -2.16. The summed E-state index contributed by atoms with van der Waals surface area (Å²) in [5.74, 6) is -0.0972. The second-order valence-electron chi connectivity index (χ2n) is 3.75. The van der Waals surface area contributed by atoms with Crippen LogP contribution in [-0.4, -0.2) is 22.4 Å². The van der Waals surface area contributed by atoms with Gasteiger partial charge >= 0.3 is 4.87 Å². The van der Waals surface area contributed by atoms with Gasteiger partial charge in [-0.15, -0.1) is 11.3 Å². The molecule has 0 aliphatic heterocycles. The van der Waals surface area contributed by atoms with E-state index in [1.807, 2.05) is 12.1 Å². The van der Waals surface area contributed by atoms with Gasteiger partial charge in [0.2, 0.25) is 5.91 Å². The van der Waals surface area contributed by atoms with Gasteiger partial charge in [0.1, 0.15) is 6.54 Å². The molecule has 0 saturated carbocycles. The van der Waals surface area contributed by atoms with Gasteiger partial charge < -0.3 is 4.90 Å². The minimum atomic E-state index is -0.115. The third kappa shape index (κ3) is 3.22. The van der Waals surface area contributed by atoms with Crippen molar-refractivity contribution >= 4 is 40.2 Å². The predicted octanol–water partition coefficient (Wildman–Crippen LogP) is 2.28. The number of likely N-dealkylation sites (N-methyl/N-ethyl adjacent to an activating group) is 1.